The van der Waals surface area contributed by atoms with Gasteiger partial charge in [0.25, 0.3) is 5.91 Å². The van der Waals surface area contributed by atoms with Gasteiger partial charge in [-0.15, -0.1) is 11.3 Å². The SMILES string of the molecule is C[C@H](c1nc2ccccc2s1)N(C)C(=O)C[NH+](C)Cc1ccc(N(C)C)cc1. The number of aromatic nitrogens is 1. The first kappa shape index (κ1) is 20.3. The Morgan fingerprint density at radius 1 is 1.11 bits per heavy atom. The molecule has 148 valence electrons. The summed E-state index contributed by atoms with van der Waals surface area (Å²) < 4.78 is 1.16. The maximum absolute atomic E-state index is 12.8. The number of likely N-dealkylation sites (N-methyl/N-ethyl adjacent to an activating group) is 2. The summed E-state index contributed by atoms with van der Waals surface area (Å²) in [6, 6.07) is 16.6. The van der Waals surface area contributed by atoms with E-state index in [-0.39, 0.29) is 11.9 Å². The topological polar surface area (TPSA) is 40.9 Å². The number of para-hydroxylation sites is 1. The number of carbonyl (C=O) groups excluding carboxylic acids is 1. The molecule has 0 bridgehead atoms. The van der Waals surface area contributed by atoms with Crippen molar-refractivity contribution in [3.8, 4) is 0 Å². The monoisotopic (exact) mass is 397 g/mol. The van der Waals surface area contributed by atoms with E-state index in [1.165, 1.54) is 16.2 Å². The molecule has 1 heterocycles. The van der Waals surface area contributed by atoms with Gasteiger partial charge in [0.1, 0.15) is 11.6 Å². The van der Waals surface area contributed by atoms with E-state index >= 15 is 0 Å². The fourth-order valence-electron chi connectivity index (χ4n) is 3.16. The lowest BCUT2D eigenvalue weighted by molar-refractivity contribution is -0.885. The molecule has 0 radical (unpaired) electrons. The lowest BCUT2D eigenvalue weighted by Crippen LogP contribution is -3.08. The van der Waals surface area contributed by atoms with Crippen LogP contribution in [0.3, 0.4) is 0 Å². The minimum atomic E-state index is -0.0305. The van der Waals surface area contributed by atoms with Crippen molar-refractivity contribution in [1.82, 2.24) is 9.88 Å². The van der Waals surface area contributed by atoms with E-state index < -0.39 is 0 Å². The van der Waals surface area contributed by atoms with Crippen LogP contribution in [0.1, 0.15) is 23.5 Å². The molecular formula is C22H29N4OS+. The van der Waals surface area contributed by atoms with Gasteiger partial charge in [0, 0.05) is 32.4 Å². The number of amides is 1. The number of anilines is 1. The Bertz CT molecular complexity index is 902. The van der Waals surface area contributed by atoms with E-state index in [1.807, 2.05) is 51.2 Å². The number of hydrogen-bond acceptors (Lipinski definition) is 4. The van der Waals surface area contributed by atoms with E-state index in [4.69, 9.17) is 4.98 Å². The van der Waals surface area contributed by atoms with Crippen molar-refractivity contribution in [2.24, 2.45) is 0 Å². The molecule has 0 spiro atoms. The molecule has 0 aliphatic carbocycles. The number of quaternary nitrogens is 1. The number of nitrogens with zero attached hydrogens (tertiary/aromatic N) is 3. The smallest absolute Gasteiger partial charge is 0.278 e. The third kappa shape index (κ3) is 4.69. The van der Waals surface area contributed by atoms with Crippen LogP contribution >= 0.6 is 11.3 Å². The molecule has 0 saturated carbocycles. The van der Waals surface area contributed by atoms with Crippen LogP contribution in [0, 0.1) is 0 Å². The number of fused-ring (bicyclic) bond motifs is 1. The summed E-state index contributed by atoms with van der Waals surface area (Å²) in [5.74, 6) is 0.133. The van der Waals surface area contributed by atoms with Crippen LogP contribution in [-0.2, 0) is 11.3 Å². The number of thiazole rings is 1. The number of nitrogens with one attached hydrogen (secondary N) is 1. The van der Waals surface area contributed by atoms with E-state index in [0.717, 1.165) is 21.8 Å². The summed E-state index contributed by atoms with van der Waals surface area (Å²) in [5.41, 5.74) is 3.42. The second kappa shape index (κ2) is 8.71. The van der Waals surface area contributed by atoms with Crippen LogP contribution in [0.25, 0.3) is 10.2 Å². The molecule has 0 fully saturated rings. The molecule has 3 aromatic rings. The minimum absolute atomic E-state index is 0.0305. The highest BCUT2D eigenvalue weighted by Crippen LogP contribution is 2.28. The minimum Gasteiger partial charge on any atom is -0.378 e. The highest BCUT2D eigenvalue weighted by molar-refractivity contribution is 7.18. The Hall–Kier alpha value is -2.44. The normalized spacial score (nSPS) is 13.3. The average molecular weight is 398 g/mol. The van der Waals surface area contributed by atoms with Gasteiger partial charge >= 0.3 is 0 Å². The number of benzene rings is 2. The molecular weight excluding hydrogens is 368 g/mol. The molecule has 0 aliphatic rings. The molecule has 6 heteroatoms. The standard InChI is InChI=1S/C22H28N4OS/c1-16(22-23-19-8-6-7-9-20(19)28-22)26(5)21(27)15-25(4)14-17-10-12-18(13-11-17)24(2)3/h6-13,16H,14-15H2,1-5H3/p+1/t16-/m1/s1. The van der Waals surface area contributed by atoms with Gasteiger partial charge in [0.05, 0.1) is 23.3 Å². The second-order valence-corrected chi connectivity index (χ2v) is 8.63. The molecule has 1 amide bonds. The fraction of sp³-hybridized carbons (Fsp3) is 0.364. The quantitative estimate of drug-likeness (QED) is 0.666. The lowest BCUT2D eigenvalue weighted by Gasteiger charge is -2.24. The Morgan fingerprint density at radius 3 is 2.43 bits per heavy atom. The van der Waals surface area contributed by atoms with Gasteiger partial charge < -0.3 is 14.7 Å². The van der Waals surface area contributed by atoms with Gasteiger partial charge in [-0.3, -0.25) is 4.79 Å². The molecule has 28 heavy (non-hydrogen) atoms. The number of hydrogen-bond donors (Lipinski definition) is 1. The van der Waals surface area contributed by atoms with Gasteiger partial charge in [-0.05, 0) is 31.2 Å². The lowest BCUT2D eigenvalue weighted by atomic mass is 10.2. The van der Waals surface area contributed by atoms with E-state index in [1.54, 1.807) is 11.3 Å². The first-order valence-electron chi connectivity index (χ1n) is 9.54. The molecule has 3 rings (SSSR count). The van der Waals surface area contributed by atoms with Crippen LogP contribution in [0.2, 0.25) is 0 Å². The van der Waals surface area contributed by atoms with Crippen molar-refractivity contribution in [2.75, 3.05) is 39.6 Å². The molecule has 1 unspecified atom stereocenters. The van der Waals surface area contributed by atoms with E-state index in [2.05, 4.69) is 42.3 Å². The number of carbonyl (C=O) groups is 1. The molecule has 2 aromatic carbocycles. The van der Waals surface area contributed by atoms with E-state index in [9.17, 15) is 4.79 Å². The highest BCUT2D eigenvalue weighted by Gasteiger charge is 2.23. The van der Waals surface area contributed by atoms with Crippen molar-refractivity contribution in [2.45, 2.75) is 19.5 Å². The van der Waals surface area contributed by atoms with Gasteiger partial charge in [-0.1, -0.05) is 24.3 Å². The second-order valence-electron chi connectivity index (χ2n) is 7.57. The van der Waals surface area contributed by atoms with Gasteiger partial charge in [-0.25, -0.2) is 4.98 Å². The molecule has 1 aromatic heterocycles. The fourth-order valence-corrected chi connectivity index (χ4v) is 4.22. The van der Waals surface area contributed by atoms with Crippen LogP contribution < -0.4 is 9.80 Å². The summed E-state index contributed by atoms with van der Waals surface area (Å²) >= 11 is 1.66. The predicted octanol–water partition coefficient (Wildman–Crippen LogP) is 2.60. The van der Waals surface area contributed by atoms with Crippen LogP contribution in [0.4, 0.5) is 5.69 Å². The molecule has 0 saturated heterocycles. The van der Waals surface area contributed by atoms with Gasteiger partial charge in [0.15, 0.2) is 6.54 Å². The Morgan fingerprint density at radius 2 is 1.79 bits per heavy atom. The van der Waals surface area contributed by atoms with Crippen molar-refractivity contribution < 1.29 is 9.69 Å². The first-order valence-corrected chi connectivity index (χ1v) is 10.4. The van der Waals surface area contributed by atoms with E-state index in [0.29, 0.717) is 6.54 Å². The van der Waals surface area contributed by atoms with Crippen molar-refractivity contribution in [3.05, 3.63) is 59.1 Å². The third-order valence-corrected chi connectivity index (χ3v) is 6.26. The Labute approximate surface area is 171 Å². The first-order chi connectivity index (χ1) is 13.3. The predicted molar refractivity (Wildman–Crippen MR) is 117 cm³/mol. The largest absolute Gasteiger partial charge is 0.378 e. The maximum Gasteiger partial charge on any atom is 0.278 e. The zero-order valence-corrected chi connectivity index (χ0v) is 18.1. The molecule has 1 N–H and O–H groups in total. The van der Waals surface area contributed by atoms with Crippen molar-refractivity contribution >= 4 is 33.1 Å². The average Bonchev–Trinajstić information content (AvgIpc) is 3.11. The zero-order chi connectivity index (χ0) is 20.3. The van der Waals surface area contributed by atoms with Crippen LogP contribution in [0.15, 0.2) is 48.5 Å². The van der Waals surface area contributed by atoms with Gasteiger partial charge in [0.2, 0.25) is 0 Å². The van der Waals surface area contributed by atoms with Crippen molar-refractivity contribution in [3.63, 3.8) is 0 Å². The third-order valence-electron chi connectivity index (χ3n) is 5.05. The Kier molecular flexibility index (Phi) is 6.31. The maximum atomic E-state index is 12.8. The van der Waals surface area contributed by atoms with Crippen LogP contribution in [-0.4, -0.2) is 50.5 Å². The zero-order valence-electron chi connectivity index (χ0n) is 17.3. The summed E-state index contributed by atoms with van der Waals surface area (Å²) in [6.45, 7) is 3.33. The number of rotatable bonds is 7. The molecule has 2 atom stereocenters. The highest BCUT2D eigenvalue weighted by atomic mass is 32.1. The van der Waals surface area contributed by atoms with Gasteiger partial charge in [-0.2, -0.15) is 0 Å². The van der Waals surface area contributed by atoms with Crippen molar-refractivity contribution in [1.29, 1.82) is 0 Å². The Balaban J connectivity index is 1.59. The van der Waals surface area contributed by atoms with Crippen LogP contribution in [0.5, 0.6) is 0 Å². The summed E-state index contributed by atoms with van der Waals surface area (Å²) in [5, 5.41) is 0.981. The molecule has 0 aliphatic heterocycles. The summed E-state index contributed by atoms with van der Waals surface area (Å²) in [4.78, 5) is 22.6. The summed E-state index contributed by atoms with van der Waals surface area (Å²) in [6.07, 6.45) is 0. The summed E-state index contributed by atoms with van der Waals surface area (Å²) in [7, 11) is 8.01. The molecule has 5 nitrogen and oxygen atoms in total.